The number of nitrogens with one attached hydrogen (secondary N) is 2. The number of aromatic amines is 1. The van der Waals surface area contributed by atoms with E-state index in [0.29, 0.717) is 0 Å². The molecule has 5 nitrogen and oxygen atoms in total. The normalized spacial score (nSPS) is 11.3. The van der Waals surface area contributed by atoms with Crippen LogP contribution in [0.3, 0.4) is 0 Å². The molecule has 0 unspecified atom stereocenters. The molecule has 2 N–H and O–H groups in total. The van der Waals surface area contributed by atoms with Crippen LogP contribution in [0.2, 0.25) is 0 Å². The minimum Gasteiger partial charge on any atom is -0.330 e. The first-order valence-electron chi connectivity index (χ1n) is 2.55. The van der Waals surface area contributed by atoms with Crippen LogP contribution in [-0.4, -0.2) is 24.6 Å². The zero-order valence-electron chi connectivity index (χ0n) is 5.33. The van der Waals surface area contributed by atoms with E-state index in [0.717, 1.165) is 6.26 Å². The Labute approximate surface area is 58.5 Å². The van der Waals surface area contributed by atoms with Gasteiger partial charge in [-0.3, -0.25) is 4.72 Å². The van der Waals surface area contributed by atoms with Gasteiger partial charge in [-0.1, -0.05) is 0 Å². The molecule has 0 amide bonds. The molecule has 1 heterocycles. The molecule has 0 aliphatic carbocycles. The van der Waals surface area contributed by atoms with Gasteiger partial charge in [-0.2, -0.15) is 0 Å². The van der Waals surface area contributed by atoms with Crippen LogP contribution < -0.4 is 4.72 Å². The molecule has 6 heteroatoms. The van der Waals surface area contributed by atoms with Crippen molar-refractivity contribution in [2.24, 2.45) is 0 Å². The van der Waals surface area contributed by atoms with E-state index in [1.54, 1.807) is 0 Å². The lowest BCUT2D eigenvalue weighted by Gasteiger charge is -1.95. The predicted octanol–water partition coefficient (Wildman–Crippen LogP) is -0.219. The Kier molecular flexibility index (Phi) is 1.62. The molecule has 1 rings (SSSR count). The topological polar surface area (TPSA) is 74.8 Å². The minimum absolute atomic E-state index is 0.238. The summed E-state index contributed by atoms with van der Waals surface area (Å²) in [5.41, 5.74) is 0. The van der Waals surface area contributed by atoms with Gasteiger partial charge in [0.2, 0.25) is 16.0 Å². The Bertz CT molecular complexity index is 288. The maximum atomic E-state index is 10.5. The maximum absolute atomic E-state index is 10.5. The van der Waals surface area contributed by atoms with E-state index in [-0.39, 0.29) is 5.95 Å². The first kappa shape index (κ1) is 7.07. The highest BCUT2D eigenvalue weighted by Gasteiger charge is 2.00. The molecule has 0 fully saturated rings. The van der Waals surface area contributed by atoms with Crippen molar-refractivity contribution in [2.45, 2.75) is 0 Å². The molecule has 0 radical (unpaired) electrons. The SMILES string of the molecule is CS(=O)(=O)Nc1ncc[nH]1. The molecular weight excluding hydrogens is 154 g/mol. The second kappa shape index (κ2) is 2.30. The molecule has 1 aromatic heterocycles. The molecule has 0 bridgehead atoms. The molecule has 10 heavy (non-hydrogen) atoms. The number of anilines is 1. The number of hydrogen-bond donors (Lipinski definition) is 2. The van der Waals surface area contributed by atoms with Crippen molar-refractivity contribution in [2.75, 3.05) is 11.0 Å². The van der Waals surface area contributed by atoms with Crippen molar-refractivity contribution in [3.05, 3.63) is 12.4 Å². The molecule has 0 saturated carbocycles. The van der Waals surface area contributed by atoms with E-state index in [2.05, 4.69) is 14.7 Å². The number of imidazole rings is 1. The minimum atomic E-state index is -3.19. The second-order valence-corrected chi connectivity index (χ2v) is 3.56. The average molecular weight is 161 g/mol. The van der Waals surface area contributed by atoms with Gasteiger partial charge < -0.3 is 4.98 Å². The number of rotatable bonds is 2. The molecule has 0 aliphatic rings. The van der Waals surface area contributed by atoms with Crippen LogP contribution in [0.5, 0.6) is 0 Å². The summed E-state index contributed by atoms with van der Waals surface area (Å²) >= 11 is 0. The van der Waals surface area contributed by atoms with Gasteiger partial charge in [-0.05, 0) is 0 Å². The highest BCUT2D eigenvalue weighted by molar-refractivity contribution is 7.91. The van der Waals surface area contributed by atoms with E-state index < -0.39 is 10.0 Å². The molecule has 0 atom stereocenters. The van der Waals surface area contributed by atoms with Crippen molar-refractivity contribution < 1.29 is 8.42 Å². The third-order valence-electron chi connectivity index (χ3n) is 0.780. The van der Waals surface area contributed by atoms with Crippen LogP contribution in [-0.2, 0) is 10.0 Å². The molecule has 1 aromatic rings. The zero-order chi connectivity index (χ0) is 7.61. The van der Waals surface area contributed by atoms with Crippen molar-refractivity contribution in [1.29, 1.82) is 0 Å². The largest absolute Gasteiger partial charge is 0.330 e. The van der Waals surface area contributed by atoms with Crippen LogP contribution in [0.25, 0.3) is 0 Å². The first-order chi connectivity index (χ1) is 4.58. The lowest BCUT2D eigenvalue weighted by molar-refractivity contribution is 0.606. The second-order valence-electron chi connectivity index (χ2n) is 1.81. The standard InChI is InChI=1S/C4H7N3O2S/c1-10(8,9)7-4-5-2-3-6-4/h2-3H,1H3,(H2,5,6,7). The fourth-order valence-corrected chi connectivity index (χ4v) is 0.960. The molecule has 0 aromatic carbocycles. The summed E-state index contributed by atoms with van der Waals surface area (Å²) < 4.78 is 23.2. The molecular formula is C4H7N3O2S. The Morgan fingerprint density at radius 3 is 2.80 bits per heavy atom. The van der Waals surface area contributed by atoms with Gasteiger partial charge in [0.15, 0.2) is 0 Å². The van der Waals surface area contributed by atoms with Crippen molar-refractivity contribution in [3.63, 3.8) is 0 Å². The summed E-state index contributed by atoms with van der Waals surface area (Å²) in [4.78, 5) is 6.25. The van der Waals surface area contributed by atoms with E-state index in [9.17, 15) is 8.42 Å². The number of sulfonamides is 1. The lowest BCUT2D eigenvalue weighted by Crippen LogP contribution is -2.10. The van der Waals surface area contributed by atoms with E-state index in [1.807, 2.05) is 0 Å². The summed E-state index contributed by atoms with van der Waals surface area (Å²) in [6.07, 6.45) is 4.07. The molecule has 56 valence electrons. The average Bonchev–Trinajstić information content (AvgIpc) is 2.12. The van der Waals surface area contributed by atoms with Crippen LogP contribution >= 0.6 is 0 Å². The number of nitrogens with zero attached hydrogens (tertiary/aromatic N) is 1. The number of hydrogen-bond acceptors (Lipinski definition) is 3. The summed E-state index contributed by atoms with van der Waals surface area (Å²) in [5, 5.41) is 0. The van der Waals surface area contributed by atoms with Crippen molar-refractivity contribution in [3.8, 4) is 0 Å². The van der Waals surface area contributed by atoms with Crippen molar-refractivity contribution in [1.82, 2.24) is 9.97 Å². The van der Waals surface area contributed by atoms with Gasteiger partial charge >= 0.3 is 0 Å². The van der Waals surface area contributed by atoms with E-state index >= 15 is 0 Å². The van der Waals surface area contributed by atoms with Crippen LogP contribution in [0, 0.1) is 0 Å². The van der Waals surface area contributed by atoms with E-state index in [4.69, 9.17) is 0 Å². The van der Waals surface area contributed by atoms with Crippen LogP contribution in [0.1, 0.15) is 0 Å². The maximum Gasteiger partial charge on any atom is 0.232 e. The Morgan fingerprint density at radius 2 is 2.40 bits per heavy atom. The summed E-state index contributed by atoms with van der Waals surface area (Å²) in [6.45, 7) is 0. The summed E-state index contributed by atoms with van der Waals surface area (Å²) in [5.74, 6) is 0.238. The van der Waals surface area contributed by atoms with Crippen LogP contribution in [0.15, 0.2) is 12.4 Å². The fourth-order valence-electron chi connectivity index (χ4n) is 0.497. The van der Waals surface area contributed by atoms with E-state index in [1.165, 1.54) is 12.4 Å². The molecule has 0 aliphatic heterocycles. The van der Waals surface area contributed by atoms with Gasteiger partial charge in [0.25, 0.3) is 0 Å². The first-order valence-corrected chi connectivity index (χ1v) is 4.44. The van der Waals surface area contributed by atoms with Gasteiger partial charge in [0.1, 0.15) is 0 Å². The lowest BCUT2D eigenvalue weighted by atomic mass is 11.0. The Balaban J connectivity index is 2.75. The quantitative estimate of drug-likeness (QED) is 0.629. The smallest absolute Gasteiger partial charge is 0.232 e. The van der Waals surface area contributed by atoms with Gasteiger partial charge in [-0.15, -0.1) is 0 Å². The number of H-pyrrole nitrogens is 1. The van der Waals surface area contributed by atoms with Gasteiger partial charge in [0.05, 0.1) is 6.26 Å². The summed E-state index contributed by atoms with van der Waals surface area (Å²) in [6, 6.07) is 0. The fraction of sp³-hybridized carbons (Fsp3) is 0.250. The highest BCUT2D eigenvalue weighted by atomic mass is 32.2. The molecule has 0 spiro atoms. The monoisotopic (exact) mass is 161 g/mol. The Hall–Kier alpha value is -1.04. The zero-order valence-corrected chi connectivity index (χ0v) is 6.14. The predicted molar refractivity (Wildman–Crippen MR) is 37.1 cm³/mol. The number of aromatic nitrogens is 2. The van der Waals surface area contributed by atoms with Gasteiger partial charge in [0, 0.05) is 12.4 Å². The summed E-state index contributed by atoms with van der Waals surface area (Å²) in [7, 11) is -3.19. The third kappa shape index (κ3) is 2.06. The van der Waals surface area contributed by atoms with Crippen LogP contribution in [0.4, 0.5) is 5.95 Å². The van der Waals surface area contributed by atoms with Gasteiger partial charge in [-0.25, -0.2) is 13.4 Å². The molecule has 0 saturated heterocycles. The third-order valence-corrected chi connectivity index (χ3v) is 1.34. The highest BCUT2D eigenvalue weighted by Crippen LogP contribution is 1.96. The van der Waals surface area contributed by atoms with Crippen molar-refractivity contribution >= 4 is 16.0 Å². The Morgan fingerprint density at radius 1 is 1.70 bits per heavy atom.